The summed E-state index contributed by atoms with van der Waals surface area (Å²) in [7, 11) is 3.28. The van der Waals surface area contributed by atoms with E-state index in [4.69, 9.17) is 14.2 Å². The Labute approximate surface area is 256 Å². The molecule has 0 saturated heterocycles. The van der Waals surface area contributed by atoms with E-state index < -0.39 is 17.5 Å². The highest BCUT2D eigenvalue weighted by molar-refractivity contribution is 6.21. The number of benzene rings is 4. The number of methoxy groups -OCH3 is 2. The molecule has 1 N–H and O–H groups in total. The average molecular weight is 594 g/mol. The number of imide groups is 1. The van der Waals surface area contributed by atoms with Gasteiger partial charge in [-0.3, -0.25) is 14.5 Å². The van der Waals surface area contributed by atoms with Crippen LogP contribution in [0.2, 0.25) is 0 Å². The van der Waals surface area contributed by atoms with Crippen molar-refractivity contribution < 1.29 is 33.7 Å². The van der Waals surface area contributed by atoms with Gasteiger partial charge in [-0.2, -0.15) is 0 Å². The molecule has 1 aliphatic rings. The van der Waals surface area contributed by atoms with Crippen LogP contribution in [0.5, 0.6) is 11.5 Å². The minimum Gasteiger partial charge on any atom is -0.497 e. The highest BCUT2D eigenvalue weighted by atomic mass is 16.5. The summed E-state index contributed by atoms with van der Waals surface area (Å²) in [4.78, 5) is 38.1. The van der Waals surface area contributed by atoms with E-state index in [1.807, 2.05) is 66.7 Å². The lowest BCUT2D eigenvalue weighted by molar-refractivity contribution is 0.0105. The molecule has 0 aromatic heterocycles. The number of carboxylic acid groups (broad SMARTS) is 1. The number of carboxylic acids is 1. The SMILES string of the molecule is COc1ccc(C(OCCCCCCN2C(=O)c3ccc(C(=O)O)cc3C2=O)(c2ccccc2)c2ccc(OC)cc2)cc1. The van der Waals surface area contributed by atoms with Crippen molar-refractivity contribution in [2.75, 3.05) is 27.4 Å². The third-order valence-electron chi connectivity index (χ3n) is 7.99. The van der Waals surface area contributed by atoms with Gasteiger partial charge >= 0.3 is 5.97 Å². The van der Waals surface area contributed by atoms with Crippen LogP contribution < -0.4 is 9.47 Å². The Morgan fingerprint density at radius 2 is 1.23 bits per heavy atom. The van der Waals surface area contributed by atoms with Crippen molar-refractivity contribution >= 4 is 17.8 Å². The second-order valence-corrected chi connectivity index (χ2v) is 10.6. The van der Waals surface area contributed by atoms with E-state index in [2.05, 4.69) is 12.1 Å². The van der Waals surface area contributed by atoms with Crippen LogP contribution in [0.25, 0.3) is 0 Å². The van der Waals surface area contributed by atoms with Gasteiger partial charge in [-0.25, -0.2) is 4.79 Å². The van der Waals surface area contributed by atoms with Gasteiger partial charge in [0.1, 0.15) is 17.1 Å². The Kier molecular flexibility index (Phi) is 9.41. The monoisotopic (exact) mass is 593 g/mol. The molecule has 0 aliphatic carbocycles. The Balaban J connectivity index is 1.26. The minimum absolute atomic E-state index is 0.0115. The van der Waals surface area contributed by atoms with E-state index in [1.54, 1.807) is 14.2 Å². The molecule has 4 aromatic rings. The fourth-order valence-electron chi connectivity index (χ4n) is 5.65. The molecule has 0 radical (unpaired) electrons. The number of hydrogen-bond donors (Lipinski definition) is 1. The Morgan fingerprint density at radius 1 is 0.682 bits per heavy atom. The Morgan fingerprint density at radius 3 is 1.80 bits per heavy atom. The van der Waals surface area contributed by atoms with Crippen LogP contribution in [-0.2, 0) is 10.3 Å². The summed E-state index contributed by atoms with van der Waals surface area (Å²) in [5, 5.41) is 9.24. The van der Waals surface area contributed by atoms with Gasteiger partial charge in [0.25, 0.3) is 11.8 Å². The van der Waals surface area contributed by atoms with Crippen molar-refractivity contribution in [2.24, 2.45) is 0 Å². The maximum Gasteiger partial charge on any atom is 0.335 e. The first-order valence-corrected chi connectivity index (χ1v) is 14.6. The standard InChI is InChI=1S/C36H35NO7/c1-42-29-17-13-27(14-18-29)36(26-10-6-5-7-11-26,28-15-19-30(43-2)20-16-28)44-23-9-4-3-8-22-37-33(38)31-21-12-25(35(40)41)24-32(31)34(37)39/h5-7,10-21,24H,3-4,8-9,22-23H2,1-2H3,(H,40,41). The fourth-order valence-corrected chi connectivity index (χ4v) is 5.65. The summed E-state index contributed by atoms with van der Waals surface area (Å²) in [6, 6.07) is 30.0. The lowest BCUT2D eigenvalue weighted by Crippen LogP contribution is -2.33. The zero-order chi connectivity index (χ0) is 31.1. The largest absolute Gasteiger partial charge is 0.497 e. The summed E-state index contributed by atoms with van der Waals surface area (Å²) in [6.07, 6.45) is 3.03. The average Bonchev–Trinajstić information content (AvgIpc) is 3.31. The number of hydrogen-bond acceptors (Lipinski definition) is 6. The molecule has 2 amide bonds. The van der Waals surface area contributed by atoms with Crippen molar-refractivity contribution in [2.45, 2.75) is 31.3 Å². The second-order valence-electron chi connectivity index (χ2n) is 10.6. The molecule has 4 aromatic carbocycles. The molecule has 5 rings (SSSR count). The highest BCUT2D eigenvalue weighted by Gasteiger charge is 2.38. The normalized spacial score (nSPS) is 12.7. The van der Waals surface area contributed by atoms with E-state index in [1.165, 1.54) is 23.1 Å². The molecule has 8 nitrogen and oxygen atoms in total. The van der Waals surface area contributed by atoms with Crippen LogP contribution in [0.4, 0.5) is 0 Å². The van der Waals surface area contributed by atoms with Crippen LogP contribution in [-0.4, -0.2) is 55.2 Å². The number of ether oxygens (including phenoxy) is 3. The van der Waals surface area contributed by atoms with Crippen molar-refractivity contribution in [3.63, 3.8) is 0 Å². The van der Waals surface area contributed by atoms with Crippen LogP contribution >= 0.6 is 0 Å². The predicted octanol–water partition coefficient (Wildman–Crippen LogP) is 6.57. The molecular formula is C36H35NO7. The van der Waals surface area contributed by atoms with Crippen molar-refractivity contribution in [3.05, 3.63) is 130 Å². The molecule has 8 heteroatoms. The molecule has 0 unspecified atom stereocenters. The Hall–Kier alpha value is -4.95. The first kappa shape index (κ1) is 30.5. The molecule has 226 valence electrons. The lowest BCUT2D eigenvalue weighted by atomic mass is 9.80. The van der Waals surface area contributed by atoms with Gasteiger partial charge in [0.05, 0.1) is 30.9 Å². The first-order valence-electron chi connectivity index (χ1n) is 14.6. The van der Waals surface area contributed by atoms with Gasteiger partial charge < -0.3 is 19.3 Å². The molecule has 0 spiro atoms. The van der Waals surface area contributed by atoms with Crippen molar-refractivity contribution in [1.82, 2.24) is 4.90 Å². The van der Waals surface area contributed by atoms with Crippen LogP contribution in [0, 0.1) is 0 Å². The summed E-state index contributed by atoms with van der Waals surface area (Å²) in [5.41, 5.74) is 2.43. The maximum absolute atomic E-state index is 12.8. The van der Waals surface area contributed by atoms with Gasteiger partial charge in [0.15, 0.2) is 0 Å². The van der Waals surface area contributed by atoms with Crippen molar-refractivity contribution in [3.8, 4) is 11.5 Å². The number of carbonyl (C=O) groups is 3. The van der Waals surface area contributed by atoms with Crippen molar-refractivity contribution in [1.29, 1.82) is 0 Å². The molecule has 44 heavy (non-hydrogen) atoms. The summed E-state index contributed by atoms with van der Waals surface area (Å²) >= 11 is 0. The molecule has 1 aliphatic heterocycles. The summed E-state index contributed by atoms with van der Waals surface area (Å²) in [6.45, 7) is 0.749. The zero-order valence-corrected chi connectivity index (χ0v) is 24.8. The number of unbranched alkanes of at least 4 members (excludes halogenated alkanes) is 3. The van der Waals surface area contributed by atoms with Crippen LogP contribution in [0.3, 0.4) is 0 Å². The van der Waals surface area contributed by atoms with Gasteiger partial charge in [0.2, 0.25) is 0 Å². The van der Waals surface area contributed by atoms with Crippen LogP contribution in [0.1, 0.15) is 73.4 Å². The van der Waals surface area contributed by atoms with E-state index in [0.717, 1.165) is 47.5 Å². The van der Waals surface area contributed by atoms with Gasteiger partial charge in [-0.05, 0) is 72.0 Å². The van der Waals surface area contributed by atoms with E-state index >= 15 is 0 Å². The van der Waals surface area contributed by atoms with E-state index in [9.17, 15) is 19.5 Å². The number of rotatable bonds is 14. The highest BCUT2D eigenvalue weighted by Crippen LogP contribution is 2.41. The third-order valence-corrected chi connectivity index (χ3v) is 7.99. The topological polar surface area (TPSA) is 102 Å². The molecule has 0 bridgehead atoms. The molecule has 0 saturated carbocycles. The number of nitrogens with zero attached hydrogens (tertiary/aromatic N) is 1. The maximum atomic E-state index is 12.8. The molecule has 0 fully saturated rings. The molecule has 0 atom stereocenters. The second kappa shape index (κ2) is 13.6. The van der Waals surface area contributed by atoms with Gasteiger partial charge in [-0.15, -0.1) is 0 Å². The molecule has 1 heterocycles. The minimum atomic E-state index is -1.14. The quantitative estimate of drug-likeness (QED) is 0.100. The first-order chi connectivity index (χ1) is 21.4. The number of aromatic carboxylic acids is 1. The third kappa shape index (κ3) is 6.07. The predicted molar refractivity (Wildman–Crippen MR) is 166 cm³/mol. The molecular weight excluding hydrogens is 558 g/mol. The number of carbonyl (C=O) groups excluding carboxylic acids is 2. The number of amides is 2. The van der Waals surface area contributed by atoms with E-state index in [-0.39, 0.29) is 29.1 Å². The number of fused-ring (bicyclic) bond motifs is 1. The smallest absolute Gasteiger partial charge is 0.335 e. The fraction of sp³-hybridized carbons (Fsp3) is 0.250. The summed E-state index contributed by atoms with van der Waals surface area (Å²) < 4.78 is 17.7. The zero-order valence-electron chi connectivity index (χ0n) is 24.8. The lowest BCUT2D eigenvalue weighted by Gasteiger charge is -2.36. The van der Waals surface area contributed by atoms with Crippen LogP contribution in [0.15, 0.2) is 97.1 Å². The summed E-state index contributed by atoms with van der Waals surface area (Å²) in [5.74, 6) is -0.444. The van der Waals surface area contributed by atoms with Gasteiger partial charge in [0, 0.05) is 13.2 Å². The van der Waals surface area contributed by atoms with E-state index in [0.29, 0.717) is 13.0 Å². The van der Waals surface area contributed by atoms with Gasteiger partial charge in [-0.1, -0.05) is 67.4 Å². The Bertz CT molecular complexity index is 1570.